The molecule has 236 valence electrons. The number of benzene rings is 4. The van der Waals surface area contributed by atoms with Gasteiger partial charge in [0, 0.05) is 33.3 Å². The van der Waals surface area contributed by atoms with Crippen LogP contribution in [0, 0.1) is 0 Å². The lowest BCUT2D eigenvalue weighted by Gasteiger charge is -2.27. The van der Waals surface area contributed by atoms with E-state index < -0.39 is 0 Å². The predicted molar refractivity (Wildman–Crippen MR) is 201 cm³/mol. The molecule has 0 unspecified atom stereocenters. The van der Waals surface area contributed by atoms with Gasteiger partial charge in [0.15, 0.2) is 0 Å². The topological polar surface area (TPSA) is 44.8 Å². The van der Waals surface area contributed by atoms with Crippen LogP contribution in [0.15, 0.2) is 103 Å². The van der Waals surface area contributed by atoms with Crippen molar-refractivity contribution in [2.24, 2.45) is 0 Å². The van der Waals surface area contributed by atoms with Crippen molar-refractivity contribution in [3.63, 3.8) is 0 Å². The third-order valence-corrected chi connectivity index (χ3v) is 10.3. The van der Waals surface area contributed by atoms with Crippen molar-refractivity contribution in [2.75, 3.05) is 4.90 Å². The third-order valence-electron chi connectivity index (χ3n) is 10.3. The van der Waals surface area contributed by atoms with Crippen molar-refractivity contribution in [1.82, 2.24) is 15.0 Å². The van der Waals surface area contributed by atoms with Crippen molar-refractivity contribution in [2.45, 2.75) is 65.2 Å². The van der Waals surface area contributed by atoms with Crippen molar-refractivity contribution in [3.05, 3.63) is 125 Å². The number of aryl methyl sites for hydroxylation is 2. The molecule has 4 nitrogen and oxygen atoms in total. The van der Waals surface area contributed by atoms with Crippen molar-refractivity contribution in [1.29, 1.82) is 0 Å². The standard InChI is InChI=1S/C44H40N4/c1-43(2,3)29-22-33-28-11-10-14-32(21-28)48(31-12-8-7-9-13-31)38-20-18-27-16-15-26-17-19-37(45-39(26)40(27)46-38)36-25-30(44(4,5)6)24-35-34(23-29)41(33)47-42(35)36/h7-14,17-25,47H,15-16H2,1-6H3. The van der Waals surface area contributed by atoms with E-state index in [1.165, 1.54) is 44.2 Å². The lowest BCUT2D eigenvalue weighted by Crippen LogP contribution is -2.15. The highest BCUT2D eigenvalue weighted by atomic mass is 15.2. The molecule has 1 aliphatic carbocycles. The van der Waals surface area contributed by atoms with Crippen LogP contribution < -0.4 is 4.90 Å². The number of hydrogen-bond donors (Lipinski definition) is 1. The van der Waals surface area contributed by atoms with E-state index >= 15 is 0 Å². The zero-order valence-electron chi connectivity index (χ0n) is 28.6. The van der Waals surface area contributed by atoms with E-state index in [-0.39, 0.29) is 10.8 Å². The van der Waals surface area contributed by atoms with Crippen LogP contribution in [0.4, 0.5) is 17.2 Å². The number of nitrogens with zero attached hydrogens (tertiary/aromatic N) is 3. The van der Waals surface area contributed by atoms with Gasteiger partial charge in [-0.1, -0.05) is 84.0 Å². The number of aromatic nitrogens is 3. The second-order valence-corrected chi connectivity index (χ2v) is 15.6. The molecule has 0 amide bonds. The van der Waals surface area contributed by atoms with E-state index in [1.54, 1.807) is 0 Å². The van der Waals surface area contributed by atoms with E-state index in [2.05, 4.69) is 155 Å². The monoisotopic (exact) mass is 624 g/mol. The quantitative estimate of drug-likeness (QED) is 0.198. The van der Waals surface area contributed by atoms with Gasteiger partial charge in [-0.2, -0.15) is 0 Å². The first-order valence-electron chi connectivity index (χ1n) is 17.1. The molecule has 1 aliphatic heterocycles. The Balaban J connectivity index is 1.47. The van der Waals surface area contributed by atoms with Gasteiger partial charge in [0.25, 0.3) is 0 Å². The molecule has 48 heavy (non-hydrogen) atoms. The summed E-state index contributed by atoms with van der Waals surface area (Å²) in [6, 6.07) is 38.1. The maximum absolute atomic E-state index is 5.49. The summed E-state index contributed by atoms with van der Waals surface area (Å²) in [5, 5.41) is 2.50. The van der Waals surface area contributed by atoms with E-state index in [0.717, 1.165) is 63.7 Å². The van der Waals surface area contributed by atoms with Crippen LogP contribution in [0.3, 0.4) is 0 Å². The molecule has 4 heterocycles. The first-order valence-corrected chi connectivity index (χ1v) is 17.1. The highest BCUT2D eigenvalue weighted by molar-refractivity contribution is 6.16. The second kappa shape index (κ2) is 10.1. The van der Waals surface area contributed by atoms with E-state index in [9.17, 15) is 0 Å². The van der Waals surface area contributed by atoms with Crippen LogP contribution in [0.1, 0.15) is 63.8 Å². The summed E-state index contributed by atoms with van der Waals surface area (Å²) < 4.78 is 0. The molecule has 0 spiro atoms. The number of anilines is 3. The van der Waals surface area contributed by atoms with Gasteiger partial charge in [-0.25, -0.2) is 9.97 Å². The van der Waals surface area contributed by atoms with Crippen LogP contribution in [0.5, 0.6) is 0 Å². The molecule has 0 saturated heterocycles. The van der Waals surface area contributed by atoms with E-state index in [4.69, 9.17) is 9.97 Å². The van der Waals surface area contributed by atoms with Gasteiger partial charge in [-0.15, -0.1) is 0 Å². The average molecular weight is 625 g/mol. The van der Waals surface area contributed by atoms with Gasteiger partial charge in [0.05, 0.1) is 28.1 Å². The lowest BCUT2D eigenvalue weighted by atomic mass is 9.82. The minimum Gasteiger partial charge on any atom is -0.353 e. The minimum atomic E-state index is -0.0374. The van der Waals surface area contributed by atoms with Crippen LogP contribution in [-0.2, 0) is 23.7 Å². The Morgan fingerprint density at radius 2 is 1.17 bits per heavy atom. The zero-order chi connectivity index (χ0) is 32.9. The second-order valence-electron chi connectivity index (χ2n) is 15.6. The Labute approximate surface area is 282 Å². The molecule has 9 rings (SSSR count). The third kappa shape index (κ3) is 4.50. The summed E-state index contributed by atoms with van der Waals surface area (Å²) in [7, 11) is 0. The van der Waals surface area contributed by atoms with E-state index in [0.29, 0.717) is 0 Å². The van der Waals surface area contributed by atoms with Crippen LogP contribution in [-0.4, -0.2) is 15.0 Å². The molecule has 8 bridgehead atoms. The normalized spacial score (nSPS) is 13.8. The minimum absolute atomic E-state index is 0.0341. The summed E-state index contributed by atoms with van der Waals surface area (Å²) in [5.74, 6) is 0.888. The van der Waals surface area contributed by atoms with Gasteiger partial charge >= 0.3 is 0 Å². The number of H-pyrrole nitrogens is 1. The fourth-order valence-corrected chi connectivity index (χ4v) is 7.53. The number of hydrogen-bond acceptors (Lipinski definition) is 3. The Kier molecular flexibility index (Phi) is 6.12. The Morgan fingerprint density at radius 1 is 0.562 bits per heavy atom. The van der Waals surface area contributed by atoms with Crippen molar-refractivity contribution >= 4 is 39.0 Å². The number of rotatable bonds is 1. The largest absolute Gasteiger partial charge is 0.353 e. The average Bonchev–Trinajstić information content (AvgIpc) is 3.45. The van der Waals surface area contributed by atoms with Gasteiger partial charge in [-0.3, -0.25) is 4.90 Å². The SMILES string of the molecule is CC(C)(C)c1cc2c3[nH]c4c(cc(C(C)(C)C)cc4c3c1)-c1ccc3c(n1)-c1nc(ccc1CC3)N(c1ccccc1)c1cccc-2c1. The molecule has 3 aromatic heterocycles. The van der Waals surface area contributed by atoms with Crippen LogP contribution in [0.25, 0.3) is 55.6 Å². The number of nitrogens with one attached hydrogen (secondary N) is 1. The molecular formula is C44H40N4. The zero-order valence-corrected chi connectivity index (χ0v) is 28.6. The summed E-state index contributed by atoms with van der Waals surface area (Å²) in [4.78, 5) is 17.2. The maximum atomic E-state index is 5.49. The van der Waals surface area contributed by atoms with Gasteiger partial charge in [0.2, 0.25) is 0 Å². The first kappa shape index (κ1) is 29.0. The van der Waals surface area contributed by atoms with Gasteiger partial charge in [-0.05, 0) is 112 Å². The highest BCUT2D eigenvalue weighted by Gasteiger charge is 2.27. The van der Waals surface area contributed by atoms with Crippen LogP contribution in [0.2, 0.25) is 0 Å². The van der Waals surface area contributed by atoms with E-state index in [1.807, 2.05) is 0 Å². The molecule has 0 radical (unpaired) electrons. The summed E-state index contributed by atoms with van der Waals surface area (Å²) in [6.45, 7) is 13.8. The molecule has 0 fully saturated rings. The molecule has 0 saturated carbocycles. The summed E-state index contributed by atoms with van der Waals surface area (Å²) in [5.41, 5.74) is 15.9. The molecule has 7 aromatic rings. The molecular weight excluding hydrogens is 585 g/mol. The molecule has 0 atom stereocenters. The Hall–Kier alpha value is -5.22. The Bertz CT molecular complexity index is 2420. The summed E-state index contributed by atoms with van der Waals surface area (Å²) in [6.07, 6.45) is 1.92. The maximum Gasteiger partial charge on any atom is 0.138 e. The lowest BCUT2D eigenvalue weighted by molar-refractivity contribution is 0.590. The fourth-order valence-electron chi connectivity index (χ4n) is 7.53. The molecule has 2 aliphatic rings. The summed E-state index contributed by atoms with van der Waals surface area (Å²) >= 11 is 0. The highest BCUT2D eigenvalue weighted by Crippen LogP contribution is 2.45. The molecule has 4 heteroatoms. The number of aromatic amines is 1. The van der Waals surface area contributed by atoms with Crippen molar-refractivity contribution in [3.8, 4) is 33.8 Å². The predicted octanol–water partition coefficient (Wildman–Crippen LogP) is 11.6. The molecule has 4 aromatic carbocycles. The number of fused-ring (bicyclic) bond motifs is 7. The van der Waals surface area contributed by atoms with Gasteiger partial charge < -0.3 is 4.98 Å². The van der Waals surface area contributed by atoms with Crippen molar-refractivity contribution < 1.29 is 0 Å². The smallest absolute Gasteiger partial charge is 0.138 e. The number of para-hydroxylation sites is 1. The first-order chi connectivity index (χ1) is 23.0. The molecule has 1 N–H and O–H groups in total. The number of pyridine rings is 2. The van der Waals surface area contributed by atoms with Gasteiger partial charge in [0.1, 0.15) is 5.82 Å². The van der Waals surface area contributed by atoms with Crippen LogP contribution >= 0.6 is 0 Å². The Morgan fingerprint density at radius 3 is 1.85 bits per heavy atom. The fraction of sp³-hybridized carbons (Fsp3) is 0.227.